The molecule has 2 unspecified atom stereocenters. The molecule has 3 N–H and O–H groups in total. The highest BCUT2D eigenvalue weighted by molar-refractivity contribution is 5.81. The third kappa shape index (κ3) is 10.3. The van der Waals surface area contributed by atoms with Crippen LogP contribution in [0.15, 0.2) is 4.99 Å². The van der Waals surface area contributed by atoms with Gasteiger partial charge in [0.2, 0.25) is 5.91 Å². The molecule has 0 radical (unpaired) electrons. The average molecular weight is 423 g/mol. The van der Waals surface area contributed by atoms with E-state index >= 15 is 0 Å². The van der Waals surface area contributed by atoms with Gasteiger partial charge in [-0.25, -0.2) is 0 Å². The maximum Gasteiger partial charge on any atom is 0.306 e. The van der Waals surface area contributed by atoms with Crippen molar-refractivity contribution in [2.45, 2.75) is 109 Å². The third-order valence-corrected chi connectivity index (χ3v) is 5.55. The van der Waals surface area contributed by atoms with Crippen molar-refractivity contribution in [2.24, 2.45) is 10.9 Å². The fraction of sp³-hybridized carbons (Fsp3) is 0.870. The molecule has 0 spiro atoms. The Kier molecular flexibility index (Phi) is 9.92. The number of ether oxygens (including phenoxy) is 1. The number of esters is 1. The van der Waals surface area contributed by atoms with Crippen LogP contribution < -0.4 is 16.0 Å². The van der Waals surface area contributed by atoms with E-state index in [9.17, 15) is 9.59 Å². The van der Waals surface area contributed by atoms with E-state index in [1.807, 2.05) is 20.8 Å². The van der Waals surface area contributed by atoms with Crippen LogP contribution in [-0.4, -0.2) is 49.1 Å². The molecule has 2 saturated carbocycles. The quantitative estimate of drug-likeness (QED) is 0.217. The molecule has 0 heterocycles. The summed E-state index contributed by atoms with van der Waals surface area (Å²) in [5.74, 6) is 1.07. The predicted molar refractivity (Wildman–Crippen MR) is 120 cm³/mol. The lowest BCUT2D eigenvalue weighted by atomic mass is 9.85. The highest BCUT2D eigenvalue weighted by Crippen LogP contribution is 2.26. The molecule has 0 aromatic rings. The van der Waals surface area contributed by atoms with Crippen LogP contribution in [0.25, 0.3) is 0 Å². The number of carbonyl (C=O) groups is 2. The molecule has 2 fully saturated rings. The molecular weight excluding hydrogens is 380 g/mol. The molecule has 0 saturated heterocycles. The van der Waals surface area contributed by atoms with Crippen LogP contribution in [-0.2, 0) is 14.3 Å². The van der Waals surface area contributed by atoms with E-state index in [4.69, 9.17) is 4.74 Å². The third-order valence-electron chi connectivity index (χ3n) is 5.55. The molecule has 7 nitrogen and oxygen atoms in total. The number of carbonyl (C=O) groups excluding carboxylic acids is 2. The largest absolute Gasteiger partial charge is 0.460 e. The maximum absolute atomic E-state index is 12.3. The number of hydrogen-bond acceptors (Lipinski definition) is 4. The Morgan fingerprint density at radius 2 is 1.70 bits per heavy atom. The number of aliphatic imine (C=N–C) groups is 1. The first kappa shape index (κ1) is 24.5. The van der Waals surface area contributed by atoms with Crippen LogP contribution in [0.5, 0.6) is 0 Å². The smallest absolute Gasteiger partial charge is 0.306 e. The first-order valence-corrected chi connectivity index (χ1v) is 11.8. The van der Waals surface area contributed by atoms with Crippen LogP contribution in [0, 0.1) is 5.92 Å². The Morgan fingerprint density at radius 3 is 2.37 bits per heavy atom. The van der Waals surface area contributed by atoms with Crippen molar-refractivity contribution in [3.05, 3.63) is 0 Å². The summed E-state index contributed by atoms with van der Waals surface area (Å²) in [5.41, 5.74) is -0.400. The zero-order valence-corrected chi connectivity index (χ0v) is 19.4. The summed E-state index contributed by atoms with van der Waals surface area (Å²) in [6.07, 6.45) is 10.8. The molecular formula is C23H42N4O3. The minimum absolute atomic E-state index is 0.109. The molecule has 1 amide bonds. The van der Waals surface area contributed by atoms with E-state index in [1.54, 1.807) is 7.05 Å². The lowest BCUT2D eigenvalue weighted by molar-refractivity contribution is -0.154. The number of hydrogen-bond donors (Lipinski definition) is 3. The second-order valence-electron chi connectivity index (χ2n) is 9.74. The van der Waals surface area contributed by atoms with Gasteiger partial charge in [0.15, 0.2) is 5.96 Å². The fourth-order valence-corrected chi connectivity index (χ4v) is 3.84. The van der Waals surface area contributed by atoms with Crippen molar-refractivity contribution in [1.29, 1.82) is 0 Å². The van der Waals surface area contributed by atoms with Gasteiger partial charge in [0, 0.05) is 38.0 Å². The predicted octanol–water partition coefficient (Wildman–Crippen LogP) is 3.28. The summed E-state index contributed by atoms with van der Waals surface area (Å²) in [5, 5.41) is 10.0. The van der Waals surface area contributed by atoms with E-state index in [0.717, 1.165) is 76.7 Å². The van der Waals surface area contributed by atoms with E-state index < -0.39 is 5.60 Å². The van der Waals surface area contributed by atoms with Gasteiger partial charge in [0.25, 0.3) is 0 Å². The molecule has 0 bridgehead atoms. The van der Waals surface area contributed by atoms with Gasteiger partial charge in [-0.2, -0.15) is 0 Å². The first-order valence-electron chi connectivity index (χ1n) is 11.8. The van der Waals surface area contributed by atoms with Gasteiger partial charge in [-0.3, -0.25) is 14.6 Å². The maximum atomic E-state index is 12.3. The summed E-state index contributed by atoms with van der Waals surface area (Å²) in [6.45, 7) is 6.54. The number of rotatable bonds is 10. The molecule has 30 heavy (non-hydrogen) atoms. The van der Waals surface area contributed by atoms with E-state index in [-0.39, 0.29) is 17.8 Å². The average Bonchev–Trinajstić information content (AvgIpc) is 3.49. The molecule has 0 aromatic heterocycles. The lowest BCUT2D eigenvalue weighted by Gasteiger charge is -2.30. The molecule has 2 rings (SSSR count). The van der Waals surface area contributed by atoms with E-state index in [1.165, 1.54) is 0 Å². The van der Waals surface area contributed by atoms with Crippen LogP contribution in [0.3, 0.4) is 0 Å². The summed E-state index contributed by atoms with van der Waals surface area (Å²) in [6, 6.07) is 0.734. The molecule has 2 atom stereocenters. The van der Waals surface area contributed by atoms with Crippen molar-refractivity contribution in [3.8, 4) is 0 Å². The second kappa shape index (κ2) is 12.2. The number of nitrogens with zero attached hydrogens (tertiary/aromatic N) is 1. The topological polar surface area (TPSA) is 91.8 Å². The molecule has 0 aromatic carbocycles. The Balaban J connectivity index is 1.55. The van der Waals surface area contributed by atoms with Gasteiger partial charge in [-0.05, 0) is 65.7 Å². The minimum Gasteiger partial charge on any atom is -0.460 e. The highest BCUT2D eigenvalue weighted by atomic mass is 16.6. The van der Waals surface area contributed by atoms with Crippen molar-refractivity contribution in [3.63, 3.8) is 0 Å². The van der Waals surface area contributed by atoms with Gasteiger partial charge in [0.05, 0.1) is 0 Å². The molecule has 172 valence electrons. The SMILES string of the molecule is CN=C(NCCCCCCC(=O)OC(C)(C)C)NC1CCCC(C(=O)NC2CC2)C1. The Hall–Kier alpha value is -1.79. The van der Waals surface area contributed by atoms with Gasteiger partial charge in [-0.1, -0.05) is 19.3 Å². The van der Waals surface area contributed by atoms with Crippen molar-refractivity contribution >= 4 is 17.8 Å². The number of guanidine groups is 1. The zero-order chi connectivity index (χ0) is 22.0. The van der Waals surface area contributed by atoms with Gasteiger partial charge >= 0.3 is 5.97 Å². The summed E-state index contributed by atoms with van der Waals surface area (Å²) in [7, 11) is 1.79. The molecule has 0 aliphatic heterocycles. The number of amides is 1. The van der Waals surface area contributed by atoms with Crippen LogP contribution in [0.1, 0.15) is 91.4 Å². The molecule has 7 heteroatoms. The normalized spacial score (nSPS) is 22.3. The zero-order valence-electron chi connectivity index (χ0n) is 19.4. The minimum atomic E-state index is -0.400. The lowest BCUT2D eigenvalue weighted by Crippen LogP contribution is -2.47. The Bertz CT molecular complexity index is 581. The first-order chi connectivity index (χ1) is 14.3. The summed E-state index contributed by atoms with van der Waals surface area (Å²) < 4.78 is 5.33. The number of unbranched alkanes of at least 4 members (excludes halogenated alkanes) is 3. The monoisotopic (exact) mass is 422 g/mol. The van der Waals surface area contributed by atoms with Crippen molar-refractivity contribution in [2.75, 3.05) is 13.6 Å². The second-order valence-corrected chi connectivity index (χ2v) is 9.74. The van der Waals surface area contributed by atoms with Gasteiger partial charge < -0.3 is 20.7 Å². The van der Waals surface area contributed by atoms with Crippen LogP contribution in [0.4, 0.5) is 0 Å². The van der Waals surface area contributed by atoms with Gasteiger partial charge in [-0.15, -0.1) is 0 Å². The molecule has 2 aliphatic rings. The highest BCUT2D eigenvalue weighted by Gasteiger charge is 2.31. The van der Waals surface area contributed by atoms with Crippen molar-refractivity contribution < 1.29 is 14.3 Å². The van der Waals surface area contributed by atoms with Crippen LogP contribution >= 0.6 is 0 Å². The van der Waals surface area contributed by atoms with Crippen LogP contribution in [0.2, 0.25) is 0 Å². The molecule has 2 aliphatic carbocycles. The Morgan fingerprint density at radius 1 is 0.967 bits per heavy atom. The van der Waals surface area contributed by atoms with Gasteiger partial charge in [0.1, 0.15) is 5.60 Å². The number of nitrogens with one attached hydrogen (secondary N) is 3. The summed E-state index contributed by atoms with van der Waals surface area (Å²) in [4.78, 5) is 28.4. The fourth-order valence-electron chi connectivity index (χ4n) is 3.84. The standard InChI is InChI=1S/C23H42N4O3/c1-23(2,3)30-20(28)12-7-5-6-8-15-25-22(24-4)27-19-11-9-10-17(16-19)21(29)26-18-13-14-18/h17-19H,5-16H2,1-4H3,(H,26,29)(H2,24,25,27). The Labute approximate surface area is 182 Å². The summed E-state index contributed by atoms with van der Waals surface area (Å²) >= 11 is 0. The van der Waals surface area contributed by atoms with Crippen molar-refractivity contribution in [1.82, 2.24) is 16.0 Å². The van der Waals surface area contributed by atoms with E-state index in [2.05, 4.69) is 20.9 Å². The van der Waals surface area contributed by atoms with E-state index in [0.29, 0.717) is 18.5 Å².